The monoisotopic (exact) mass is 413 g/mol. The van der Waals surface area contributed by atoms with Gasteiger partial charge in [0.05, 0.1) is 51.3 Å². The predicted octanol–water partition coefficient (Wildman–Crippen LogP) is 2.14. The quantitative estimate of drug-likeness (QED) is 0.696. The number of likely N-dealkylation sites (N-methyl/N-ethyl adjacent to an activating group) is 1. The van der Waals surface area contributed by atoms with Crippen molar-refractivity contribution < 1.29 is 18.8 Å². The van der Waals surface area contributed by atoms with Crippen molar-refractivity contribution in [3.05, 3.63) is 74.6 Å². The van der Waals surface area contributed by atoms with Gasteiger partial charge in [0, 0.05) is 11.1 Å². The third-order valence-corrected chi connectivity index (χ3v) is 5.47. The molecule has 1 amide bonds. The predicted molar refractivity (Wildman–Crippen MR) is 111 cm³/mol. The van der Waals surface area contributed by atoms with Crippen LogP contribution in [0.3, 0.4) is 0 Å². The summed E-state index contributed by atoms with van der Waals surface area (Å²) in [6.45, 7) is 1.24. The largest absolute Gasteiger partial charge is 0.497 e. The number of nitrogens with one attached hydrogen (secondary N) is 1. The molecule has 0 radical (unpaired) electrons. The van der Waals surface area contributed by atoms with E-state index in [0.717, 1.165) is 12.1 Å². The molecule has 0 aliphatic carbocycles. The van der Waals surface area contributed by atoms with Gasteiger partial charge in [0.15, 0.2) is 5.43 Å². The number of nitrogens with zero attached hydrogens (tertiary/aromatic N) is 1. The number of quaternary nitrogens is 1. The summed E-state index contributed by atoms with van der Waals surface area (Å²) in [5, 5.41) is 1.02. The van der Waals surface area contributed by atoms with Crippen LogP contribution in [0.15, 0.2) is 51.7 Å². The van der Waals surface area contributed by atoms with E-state index in [1.165, 1.54) is 4.90 Å². The summed E-state index contributed by atoms with van der Waals surface area (Å²) >= 11 is 6.05. The molecule has 3 aromatic rings. The van der Waals surface area contributed by atoms with Gasteiger partial charge in [0.1, 0.15) is 11.3 Å². The number of methoxy groups -OCH3 is 1. The molecule has 150 valence electrons. The van der Waals surface area contributed by atoms with Gasteiger partial charge in [-0.25, -0.2) is 0 Å². The van der Waals surface area contributed by atoms with Crippen LogP contribution in [0.4, 0.5) is 0 Å². The molecule has 0 spiro atoms. The molecule has 0 saturated heterocycles. The van der Waals surface area contributed by atoms with Crippen molar-refractivity contribution >= 4 is 28.5 Å². The first kappa shape index (κ1) is 19.5. The Morgan fingerprint density at radius 1 is 1.14 bits per heavy atom. The number of amides is 1. The number of fused-ring (bicyclic) bond motifs is 2. The van der Waals surface area contributed by atoms with Crippen molar-refractivity contribution in [1.29, 1.82) is 0 Å². The van der Waals surface area contributed by atoms with Crippen molar-refractivity contribution in [2.75, 3.05) is 34.3 Å². The summed E-state index contributed by atoms with van der Waals surface area (Å²) in [5.74, 6) is 0.390. The molecular formula is C22H22ClN2O4+. The lowest BCUT2D eigenvalue weighted by molar-refractivity contribution is -0.857. The van der Waals surface area contributed by atoms with Crippen LogP contribution < -0.4 is 15.1 Å². The van der Waals surface area contributed by atoms with E-state index in [1.807, 2.05) is 26.2 Å². The number of ether oxygens (including phenoxy) is 1. The third kappa shape index (κ3) is 3.39. The smallest absolute Gasteiger partial charge is 0.291 e. The molecule has 29 heavy (non-hydrogen) atoms. The summed E-state index contributed by atoms with van der Waals surface area (Å²) in [5.41, 5.74) is 1.35. The molecule has 1 aliphatic rings. The fourth-order valence-electron chi connectivity index (χ4n) is 3.69. The van der Waals surface area contributed by atoms with Crippen molar-refractivity contribution in [2.45, 2.75) is 6.04 Å². The van der Waals surface area contributed by atoms with Crippen molar-refractivity contribution in [3.8, 4) is 5.75 Å². The lowest BCUT2D eigenvalue weighted by Crippen LogP contribution is -3.06. The molecule has 7 heteroatoms. The molecule has 1 aliphatic heterocycles. The topological polar surface area (TPSA) is 64.2 Å². The van der Waals surface area contributed by atoms with Crippen LogP contribution in [0, 0.1) is 0 Å². The van der Waals surface area contributed by atoms with Crippen LogP contribution in [-0.2, 0) is 0 Å². The normalized spacial score (nSPS) is 16.0. The molecule has 1 aromatic heterocycles. The molecule has 6 nitrogen and oxygen atoms in total. The maximum atomic E-state index is 13.4. The van der Waals surface area contributed by atoms with E-state index in [2.05, 4.69) is 0 Å². The zero-order valence-corrected chi connectivity index (χ0v) is 17.2. The van der Waals surface area contributed by atoms with E-state index in [9.17, 15) is 9.59 Å². The molecule has 0 unspecified atom stereocenters. The first-order valence-corrected chi connectivity index (χ1v) is 9.78. The van der Waals surface area contributed by atoms with Gasteiger partial charge in [0.25, 0.3) is 5.91 Å². The SMILES string of the molecule is COc1ccc2c(=O)c3c(oc2c1)C(=O)N(CC[NH+](C)C)[C@H]3c1ccc(Cl)cc1. The Bertz CT molecular complexity index is 1140. The standard InChI is InChI=1S/C22H21ClN2O4/c1-24(2)10-11-25-19(13-4-6-14(23)7-5-13)18-20(26)16-9-8-15(28-3)12-17(16)29-21(18)22(25)27/h4-9,12,19H,10-11H2,1-3H3/p+1/t19-/m0/s1. The molecule has 4 rings (SSSR count). The minimum Gasteiger partial charge on any atom is -0.497 e. The fraction of sp³-hybridized carbons (Fsp3) is 0.273. The molecule has 1 N–H and O–H groups in total. The molecule has 0 bridgehead atoms. The van der Waals surface area contributed by atoms with Crippen LogP contribution in [0.25, 0.3) is 11.0 Å². The minimum absolute atomic E-state index is 0.101. The second kappa shape index (κ2) is 7.54. The van der Waals surface area contributed by atoms with Crippen LogP contribution in [0.1, 0.15) is 27.7 Å². The van der Waals surface area contributed by atoms with E-state index in [1.54, 1.807) is 42.3 Å². The Hall–Kier alpha value is -2.83. The molecule has 0 fully saturated rings. The van der Waals surface area contributed by atoms with Crippen LogP contribution >= 0.6 is 11.6 Å². The van der Waals surface area contributed by atoms with Gasteiger partial charge in [-0.1, -0.05) is 23.7 Å². The average Bonchev–Trinajstić information content (AvgIpc) is 2.99. The fourth-order valence-corrected chi connectivity index (χ4v) is 3.82. The number of hydrogen-bond donors (Lipinski definition) is 1. The third-order valence-electron chi connectivity index (χ3n) is 5.21. The summed E-state index contributed by atoms with van der Waals surface area (Å²) in [4.78, 5) is 29.5. The summed E-state index contributed by atoms with van der Waals surface area (Å²) in [6, 6.07) is 11.8. The van der Waals surface area contributed by atoms with E-state index in [4.69, 9.17) is 20.8 Å². The Kier molecular flexibility index (Phi) is 5.06. The Balaban J connectivity index is 1.92. The lowest BCUT2D eigenvalue weighted by Gasteiger charge is -2.25. The van der Waals surface area contributed by atoms with E-state index < -0.39 is 6.04 Å². The highest BCUT2D eigenvalue weighted by Gasteiger charge is 2.42. The van der Waals surface area contributed by atoms with Crippen molar-refractivity contribution in [2.24, 2.45) is 0 Å². The Morgan fingerprint density at radius 3 is 2.52 bits per heavy atom. The number of benzene rings is 2. The second-order valence-corrected chi connectivity index (χ2v) is 7.88. The Labute approximate surface area is 173 Å². The highest BCUT2D eigenvalue weighted by molar-refractivity contribution is 6.30. The maximum absolute atomic E-state index is 13.4. The van der Waals surface area contributed by atoms with Crippen LogP contribution in [0.5, 0.6) is 5.75 Å². The van der Waals surface area contributed by atoms with Gasteiger partial charge in [-0.15, -0.1) is 0 Å². The van der Waals surface area contributed by atoms with Gasteiger partial charge < -0.3 is 19.0 Å². The number of halogens is 1. The van der Waals surface area contributed by atoms with E-state index in [0.29, 0.717) is 33.8 Å². The highest BCUT2D eigenvalue weighted by atomic mass is 35.5. The summed E-state index contributed by atoms with van der Waals surface area (Å²) in [7, 11) is 5.59. The van der Waals surface area contributed by atoms with Crippen LogP contribution in [-0.4, -0.2) is 45.1 Å². The molecule has 1 atom stereocenters. The zero-order valence-electron chi connectivity index (χ0n) is 16.5. The van der Waals surface area contributed by atoms with Gasteiger partial charge in [0.2, 0.25) is 5.76 Å². The van der Waals surface area contributed by atoms with Crippen LogP contribution in [0.2, 0.25) is 5.02 Å². The van der Waals surface area contributed by atoms with Crippen molar-refractivity contribution in [3.63, 3.8) is 0 Å². The van der Waals surface area contributed by atoms with Crippen molar-refractivity contribution in [1.82, 2.24) is 4.90 Å². The Morgan fingerprint density at radius 2 is 1.86 bits per heavy atom. The number of hydrogen-bond acceptors (Lipinski definition) is 4. The molecule has 0 saturated carbocycles. The molecule has 2 heterocycles. The average molecular weight is 414 g/mol. The first-order valence-electron chi connectivity index (χ1n) is 9.41. The van der Waals surface area contributed by atoms with E-state index >= 15 is 0 Å². The van der Waals surface area contributed by atoms with Gasteiger partial charge >= 0.3 is 0 Å². The van der Waals surface area contributed by atoms with Gasteiger partial charge in [-0.2, -0.15) is 0 Å². The highest BCUT2D eigenvalue weighted by Crippen LogP contribution is 2.38. The number of rotatable bonds is 5. The van der Waals surface area contributed by atoms with Gasteiger partial charge in [-0.05, 0) is 29.8 Å². The second-order valence-electron chi connectivity index (χ2n) is 7.45. The lowest BCUT2D eigenvalue weighted by atomic mass is 9.98. The summed E-state index contributed by atoms with van der Waals surface area (Å²) < 4.78 is 11.2. The summed E-state index contributed by atoms with van der Waals surface area (Å²) in [6.07, 6.45) is 0. The zero-order chi connectivity index (χ0) is 20.7. The first-order chi connectivity index (χ1) is 13.9. The van der Waals surface area contributed by atoms with E-state index in [-0.39, 0.29) is 17.1 Å². The number of carbonyl (C=O) groups is 1. The minimum atomic E-state index is -0.503. The number of carbonyl (C=O) groups excluding carboxylic acids is 1. The molecular weight excluding hydrogens is 392 g/mol. The maximum Gasteiger partial charge on any atom is 0.291 e. The molecule has 2 aromatic carbocycles. The van der Waals surface area contributed by atoms with Gasteiger partial charge in [-0.3, -0.25) is 9.59 Å².